The predicted octanol–water partition coefficient (Wildman–Crippen LogP) is 4.03. The topological polar surface area (TPSA) is 45.7 Å². The Hall–Kier alpha value is -0.990. The van der Waals surface area contributed by atoms with Gasteiger partial charge in [0.2, 0.25) is 5.91 Å². The van der Waals surface area contributed by atoms with Gasteiger partial charge >= 0.3 is 0 Å². The molecular weight excluding hydrogens is 414 g/mol. The van der Waals surface area contributed by atoms with Crippen LogP contribution in [0.15, 0.2) is 17.5 Å². The molecule has 4 heterocycles. The van der Waals surface area contributed by atoms with E-state index >= 15 is 0 Å². The first-order valence-corrected chi connectivity index (χ1v) is 12.0. The second-order valence-corrected chi connectivity index (χ2v) is 10.1. The molecule has 1 amide bonds. The number of carbonyl (C=O) groups excluding carboxylic acids is 1. The Kier molecular flexibility index (Phi) is 7.01. The van der Waals surface area contributed by atoms with E-state index in [0.717, 1.165) is 84.6 Å². The van der Waals surface area contributed by atoms with Gasteiger partial charge in [-0.1, -0.05) is 11.6 Å². The predicted molar refractivity (Wildman–Crippen MR) is 115 cm³/mol. The molecule has 0 aliphatic carbocycles. The molecule has 2 saturated heterocycles. The third-order valence-corrected chi connectivity index (χ3v) is 7.88. The second kappa shape index (κ2) is 9.67. The van der Waals surface area contributed by atoms with Gasteiger partial charge in [-0.05, 0) is 43.9 Å². The van der Waals surface area contributed by atoms with Crippen molar-refractivity contribution >= 4 is 40.2 Å². The number of carbonyl (C=O) groups is 1. The van der Waals surface area contributed by atoms with Crippen LogP contribution in [0.2, 0.25) is 4.34 Å². The lowest BCUT2D eigenvalue weighted by molar-refractivity contribution is -0.131. The van der Waals surface area contributed by atoms with Gasteiger partial charge in [-0.15, -0.1) is 22.7 Å². The van der Waals surface area contributed by atoms with Crippen LogP contribution in [0.5, 0.6) is 0 Å². The van der Waals surface area contributed by atoms with Crippen LogP contribution in [-0.2, 0) is 16.0 Å². The molecule has 4 rings (SSSR count). The quantitative estimate of drug-likeness (QED) is 0.681. The standard InChI is InChI=1S/C20H26ClN3O2S2/c21-18-2-1-17(28-18)20-22-16(14-27-20)13-19(25)24-7-4-15(5-8-24)3-6-23-9-11-26-12-10-23/h1-2,14-15H,3-13H2. The number of aromatic nitrogens is 1. The van der Waals surface area contributed by atoms with E-state index in [4.69, 9.17) is 16.3 Å². The van der Waals surface area contributed by atoms with E-state index in [2.05, 4.69) is 9.88 Å². The van der Waals surface area contributed by atoms with Crippen molar-refractivity contribution in [3.05, 3.63) is 27.5 Å². The third-order valence-electron chi connectivity index (χ3n) is 5.59. The average molecular weight is 440 g/mol. The monoisotopic (exact) mass is 439 g/mol. The van der Waals surface area contributed by atoms with Gasteiger partial charge in [0.15, 0.2) is 0 Å². The highest BCUT2D eigenvalue weighted by molar-refractivity contribution is 7.23. The number of hydrogen-bond acceptors (Lipinski definition) is 6. The van der Waals surface area contributed by atoms with Gasteiger partial charge in [-0.2, -0.15) is 0 Å². The van der Waals surface area contributed by atoms with Crippen molar-refractivity contribution in [1.82, 2.24) is 14.8 Å². The highest BCUT2D eigenvalue weighted by Crippen LogP contribution is 2.33. The average Bonchev–Trinajstić information content (AvgIpc) is 3.36. The summed E-state index contributed by atoms with van der Waals surface area (Å²) >= 11 is 9.11. The summed E-state index contributed by atoms with van der Waals surface area (Å²) in [6, 6.07) is 3.87. The number of rotatable bonds is 6. The molecule has 0 saturated carbocycles. The number of thiophene rings is 1. The summed E-state index contributed by atoms with van der Waals surface area (Å²) in [6.45, 7) is 6.77. The summed E-state index contributed by atoms with van der Waals surface area (Å²) in [5.41, 5.74) is 0.865. The molecule has 0 bridgehead atoms. The molecule has 8 heteroatoms. The van der Waals surface area contributed by atoms with Crippen LogP contribution >= 0.6 is 34.3 Å². The summed E-state index contributed by atoms with van der Waals surface area (Å²) in [7, 11) is 0. The van der Waals surface area contributed by atoms with Crippen LogP contribution in [0.3, 0.4) is 0 Å². The zero-order valence-electron chi connectivity index (χ0n) is 15.9. The van der Waals surface area contributed by atoms with Crippen LogP contribution in [0.4, 0.5) is 0 Å². The minimum atomic E-state index is 0.202. The largest absolute Gasteiger partial charge is 0.379 e. The molecule has 152 valence electrons. The summed E-state index contributed by atoms with van der Waals surface area (Å²) in [5.74, 6) is 0.939. The number of hydrogen-bond donors (Lipinski definition) is 0. The van der Waals surface area contributed by atoms with Gasteiger partial charge < -0.3 is 9.64 Å². The summed E-state index contributed by atoms with van der Waals surface area (Å²) in [6.07, 6.45) is 3.87. The number of piperidine rings is 1. The zero-order valence-corrected chi connectivity index (χ0v) is 18.3. The number of amides is 1. The highest BCUT2D eigenvalue weighted by Gasteiger charge is 2.24. The van der Waals surface area contributed by atoms with Gasteiger partial charge in [-0.3, -0.25) is 9.69 Å². The van der Waals surface area contributed by atoms with E-state index in [1.807, 2.05) is 22.4 Å². The van der Waals surface area contributed by atoms with E-state index < -0.39 is 0 Å². The Morgan fingerprint density at radius 3 is 2.71 bits per heavy atom. The molecule has 2 aliphatic rings. The van der Waals surface area contributed by atoms with Crippen LogP contribution in [0.1, 0.15) is 25.0 Å². The maximum atomic E-state index is 12.7. The number of halogens is 1. The van der Waals surface area contributed by atoms with Crippen LogP contribution in [0, 0.1) is 5.92 Å². The van der Waals surface area contributed by atoms with Crippen molar-refractivity contribution in [3.8, 4) is 9.88 Å². The molecule has 2 aromatic heterocycles. The smallest absolute Gasteiger partial charge is 0.228 e. The lowest BCUT2D eigenvalue weighted by atomic mass is 9.93. The number of ether oxygens (including phenoxy) is 1. The highest BCUT2D eigenvalue weighted by atomic mass is 35.5. The first-order chi connectivity index (χ1) is 13.7. The van der Waals surface area contributed by atoms with Gasteiger partial charge in [0.1, 0.15) is 5.01 Å². The van der Waals surface area contributed by atoms with Gasteiger partial charge in [-0.25, -0.2) is 4.98 Å². The molecule has 2 aromatic rings. The first kappa shape index (κ1) is 20.3. The normalized spacial score (nSPS) is 19.2. The maximum Gasteiger partial charge on any atom is 0.228 e. The molecule has 2 aliphatic heterocycles. The number of morpholine rings is 1. The lowest BCUT2D eigenvalue weighted by Gasteiger charge is -2.34. The van der Waals surface area contributed by atoms with E-state index in [0.29, 0.717) is 6.42 Å². The van der Waals surface area contributed by atoms with Gasteiger partial charge in [0.05, 0.1) is 34.5 Å². The molecule has 0 radical (unpaired) electrons. The van der Waals surface area contributed by atoms with Crippen molar-refractivity contribution in [2.45, 2.75) is 25.7 Å². The molecule has 0 N–H and O–H groups in total. The Morgan fingerprint density at radius 2 is 2.00 bits per heavy atom. The van der Waals surface area contributed by atoms with Gasteiger partial charge in [0, 0.05) is 31.6 Å². The molecule has 5 nitrogen and oxygen atoms in total. The minimum Gasteiger partial charge on any atom is -0.379 e. The Labute approximate surface area is 179 Å². The molecule has 2 fully saturated rings. The Morgan fingerprint density at radius 1 is 1.21 bits per heavy atom. The molecule has 0 atom stereocenters. The Balaban J connectivity index is 1.21. The van der Waals surface area contributed by atoms with E-state index in [1.165, 1.54) is 17.8 Å². The fourth-order valence-corrected chi connectivity index (χ4v) is 5.79. The van der Waals surface area contributed by atoms with E-state index in [1.54, 1.807) is 11.3 Å². The lowest BCUT2D eigenvalue weighted by Crippen LogP contribution is -2.41. The number of thiazole rings is 1. The van der Waals surface area contributed by atoms with E-state index in [-0.39, 0.29) is 5.91 Å². The SMILES string of the molecule is O=C(Cc1csc(-c2ccc(Cl)s2)n1)N1CCC(CCN2CCOCC2)CC1. The maximum absolute atomic E-state index is 12.7. The molecule has 0 spiro atoms. The van der Waals surface area contributed by atoms with Crippen LogP contribution in [-0.4, -0.2) is 66.6 Å². The molecular formula is C20H26ClN3O2S2. The van der Waals surface area contributed by atoms with Crippen molar-refractivity contribution in [2.75, 3.05) is 45.9 Å². The van der Waals surface area contributed by atoms with Crippen LogP contribution in [0.25, 0.3) is 9.88 Å². The Bertz CT molecular complexity index is 780. The number of nitrogens with zero attached hydrogens (tertiary/aromatic N) is 3. The second-order valence-electron chi connectivity index (χ2n) is 7.49. The van der Waals surface area contributed by atoms with Gasteiger partial charge in [0.25, 0.3) is 0 Å². The third kappa shape index (κ3) is 5.33. The zero-order chi connectivity index (χ0) is 19.3. The minimum absolute atomic E-state index is 0.202. The molecule has 0 aromatic carbocycles. The molecule has 0 unspecified atom stereocenters. The van der Waals surface area contributed by atoms with Crippen molar-refractivity contribution in [2.24, 2.45) is 5.92 Å². The van der Waals surface area contributed by atoms with Crippen molar-refractivity contribution in [3.63, 3.8) is 0 Å². The fourth-order valence-electron chi connectivity index (χ4n) is 3.86. The summed E-state index contributed by atoms with van der Waals surface area (Å²) in [5, 5.41) is 2.94. The van der Waals surface area contributed by atoms with E-state index in [9.17, 15) is 4.79 Å². The van der Waals surface area contributed by atoms with Crippen molar-refractivity contribution in [1.29, 1.82) is 0 Å². The summed E-state index contributed by atoms with van der Waals surface area (Å²) in [4.78, 5) is 22.9. The van der Waals surface area contributed by atoms with Crippen LogP contribution < -0.4 is 0 Å². The molecule has 28 heavy (non-hydrogen) atoms. The summed E-state index contributed by atoms with van der Waals surface area (Å²) < 4.78 is 6.18. The first-order valence-electron chi connectivity index (χ1n) is 9.95. The van der Waals surface area contributed by atoms with Crippen molar-refractivity contribution < 1.29 is 9.53 Å². The fraction of sp³-hybridized carbons (Fsp3) is 0.600. The number of likely N-dealkylation sites (tertiary alicyclic amines) is 1.